The van der Waals surface area contributed by atoms with Crippen LogP contribution >= 0.6 is 0 Å². The number of carbonyl (C=O) groups is 3. The molecular formula is C24H26F4N2O3. The van der Waals surface area contributed by atoms with Crippen LogP contribution in [0.25, 0.3) is 0 Å². The summed E-state index contributed by atoms with van der Waals surface area (Å²) in [7, 11) is 0. The van der Waals surface area contributed by atoms with Crippen molar-refractivity contribution in [3.63, 3.8) is 0 Å². The number of nitrogens with zero attached hydrogens (tertiary/aromatic N) is 2. The van der Waals surface area contributed by atoms with E-state index in [9.17, 15) is 31.9 Å². The van der Waals surface area contributed by atoms with Crippen molar-refractivity contribution in [1.82, 2.24) is 9.80 Å². The number of urea groups is 1. The monoisotopic (exact) mass is 466 g/mol. The van der Waals surface area contributed by atoms with Gasteiger partial charge in [-0.15, -0.1) is 0 Å². The number of aryl methyl sites for hydroxylation is 1. The minimum Gasteiger partial charge on any atom is -0.274 e. The fraction of sp³-hybridized carbons (Fsp3) is 0.375. The summed E-state index contributed by atoms with van der Waals surface area (Å²) in [5.41, 5.74) is 1.02. The summed E-state index contributed by atoms with van der Waals surface area (Å²) in [6.07, 6.45) is 4.55. The van der Waals surface area contributed by atoms with Gasteiger partial charge in [0.15, 0.2) is 0 Å². The third kappa shape index (κ3) is 6.63. The number of hydrogen-bond donors (Lipinski definition) is 0. The molecular weight excluding hydrogens is 440 g/mol. The zero-order valence-electron chi connectivity index (χ0n) is 18.4. The van der Waals surface area contributed by atoms with Crippen LogP contribution in [0, 0.1) is 0 Å². The number of hydrogen-bond acceptors (Lipinski definition) is 3. The lowest BCUT2D eigenvalue weighted by Crippen LogP contribution is -2.65. The largest absolute Gasteiger partial charge is 0.342 e. The van der Waals surface area contributed by atoms with Gasteiger partial charge in [-0.05, 0) is 37.8 Å². The summed E-state index contributed by atoms with van der Waals surface area (Å²) in [4.78, 5) is 35.9. The van der Waals surface area contributed by atoms with Crippen LogP contribution in [-0.2, 0) is 16.0 Å². The molecule has 2 rings (SSSR count). The molecule has 0 bridgehead atoms. The SMILES string of the molecule is C\C=C/C=C(\C=C/C)CCC(F)(F)N1C(=O)CC(=O)N(C(F)(F)CCc2ccccc2)C1=O. The van der Waals surface area contributed by atoms with Gasteiger partial charge in [-0.3, -0.25) is 9.59 Å². The topological polar surface area (TPSA) is 57.7 Å². The van der Waals surface area contributed by atoms with Gasteiger partial charge in [0, 0.05) is 12.8 Å². The standard InChI is InChI=1S/C24H26F4N2O3/c1-3-5-10-18(9-4-2)13-15-23(25,26)29-20(31)17-21(32)30(22(29)33)24(27,28)16-14-19-11-7-6-8-12-19/h3-12H,13-17H2,1-2H3/b5-3-,9-4-,18-10+. The summed E-state index contributed by atoms with van der Waals surface area (Å²) in [6, 6.07) is -1.96. The number of alkyl halides is 4. The molecule has 1 aliphatic rings. The molecule has 0 aliphatic carbocycles. The number of amides is 4. The molecule has 9 heteroatoms. The first-order valence-corrected chi connectivity index (χ1v) is 10.5. The van der Waals surface area contributed by atoms with E-state index in [1.165, 1.54) is 0 Å². The molecule has 1 saturated heterocycles. The van der Waals surface area contributed by atoms with E-state index in [-0.39, 0.29) is 12.8 Å². The number of rotatable bonds is 10. The maximum absolute atomic E-state index is 14.9. The first-order chi connectivity index (χ1) is 15.5. The van der Waals surface area contributed by atoms with Gasteiger partial charge in [0.1, 0.15) is 6.42 Å². The van der Waals surface area contributed by atoms with Crippen LogP contribution in [0.4, 0.5) is 22.4 Å². The molecule has 5 nitrogen and oxygen atoms in total. The van der Waals surface area contributed by atoms with Crippen LogP contribution in [0.2, 0.25) is 0 Å². The normalized spacial score (nSPS) is 16.5. The second-order valence-corrected chi connectivity index (χ2v) is 7.50. The predicted molar refractivity (Wildman–Crippen MR) is 115 cm³/mol. The van der Waals surface area contributed by atoms with Crippen molar-refractivity contribution < 1.29 is 31.9 Å². The van der Waals surface area contributed by atoms with E-state index in [4.69, 9.17) is 0 Å². The third-order valence-electron chi connectivity index (χ3n) is 4.99. The quantitative estimate of drug-likeness (QED) is 0.188. The highest BCUT2D eigenvalue weighted by Crippen LogP contribution is 2.36. The van der Waals surface area contributed by atoms with Gasteiger partial charge in [-0.2, -0.15) is 17.6 Å². The number of halogens is 4. The van der Waals surface area contributed by atoms with E-state index < -0.39 is 59.0 Å². The summed E-state index contributed by atoms with van der Waals surface area (Å²) < 4.78 is 59.4. The number of carbonyl (C=O) groups excluding carboxylic acids is 3. The van der Waals surface area contributed by atoms with Gasteiger partial charge in [-0.25, -0.2) is 14.6 Å². The van der Waals surface area contributed by atoms with E-state index in [0.29, 0.717) is 11.1 Å². The van der Waals surface area contributed by atoms with Gasteiger partial charge in [0.2, 0.25) is 11.8 Å². The highest BCUT2D eigenvalue weighted by Gasteiger charge is 2.57. The Hall–Kier alpha value is -3.23. The number of imide groups is 2. The van der Waals surface area contributed by atoms with Gasteiger partial charge < -0.3 is 0 Å². The molecule has 0 aromatic heterocycles. The van der Waals surface area contributed by atoms with Gasteiger partial charge in [0.05, 0.1) is 0 Å². The van der Waals surface area contributed by atoms with E-state index in [1.807, 2.05) is 0 Å². The zero-order valence-corrected chi connectivity index (χ0v) is 18.4. The molecule has 0 N–H and O–H groups in total. The van der Waals surface area contributed by atoms with Crippen LogP contribution in [-0.4, -0.2) is 39.7 Å². The Kier molecular flexibility index (Phi) is 8.73. The van der Waals surface area contributed by atoms with Crippen molar-refractivity contribution in [3.05, 3.63) is 71.8 Å². The van der Waals surface area contributed by atoms with Gasteiger partial charge >= 0.3 is 18.1 Å². The molecule has 4 amide bonds. The van der Waals surface area contributed by atoms with E-state index in [0.717, 1.165) is 0 Å². The molecule has 1 aromatic carbocycles. The third-order valence-corrected chi connectivity index (χ3v) is 4.99. The van der Waals surface area contributed by atoms with Crippen LogP contribution in [0.1, 0.15) is 45.1 Å². The Labute approximate surface area is 190 Å². The van der Waals surface area contributed by atoms with Crippen LogP contribution in [0.5, 0.6) is 0 Å². The lowest BCUT2D eigenvalue weighted by molar-refractivity contribution is -0.192. The van der Waals surface area contributed by atoms with E-state index >= 15 is 0 Å². The lowest BCUT2D eigenvalue weighted by atomic mass is 10.1. The summed E-state index contributed by atoms with van der Waals surface area (Å²) >= 11 is 0. The maximum Gasteiger partial charge on any atom is 0.342 e. The van der Waals surface area contributed by atoms with Crippen LogP contribution in [0.3, 0.4) is 0 Å². The Morgan fingerprint density at radius 3 is 2.03 bits per heavy atom. The summed E-state index contributed by atoms with van der Waals surface area (Å²) in [5.74, 6) is -3.01. The van der Waals surface area contributed by atoms with Crippen molar-refractivity contribution in [3.8, 4) is 0 Å². The van der Waals surface area contributed by atoms with Crippen molar-refractivity contribution in [2.45, 2.75) is 58.0 Å². The Morgan fingerprint density at radius 1 is 0.909 bits per heavy atom. The molecule has 33 heavy (non-hydrogen) atoms. The molecule has 0 radical (unpaired) electrons. The molecule has 0 unspecified atom stereocenters. The Bertz CT molecular complexity index is 956. The zero-order chi connectivity index (χ0) is 24.6. The molecule has 1 heterocycles. The second kappa shape index (κ2) is 11.1. The van der Waals surface area contributed by atoms with Crippen LogP contribution < -0.4 is 0 Å². The first kappa shape index (κ1) is 26.0. The van der Waals surface area contributed by atoms with Crippen molar-refractivity contribution >= 4 is 17.8 Å². The second-order valence-electron chi connectivity index (χ2n) is 7.50. The fourth-order valence-electron chi connectivity index (χ4n) is 3.36. The number of allylic oxidation sites excluding steroid dienone is 6. The minimum absolute atomic E-state index is 0.197. The van der Waals surface area contributed by atoms with Crippen molar-refractivity contribution in [2.24, 2.45) is 0 Å². The molecule has 1 aromatic rings. The molecule has 0 spiro atoms. The highest BCUT2D eigenvalue weighted by atomic mass is 19.3. The minimum atomic E-state index is -4.06. The fourth-order valence-corrected chi connectivity index (χ4v) is 3.36. The van der Waals surface area contributed by atoms with Crippen molar-refractivity contribution in [1.29, 1.82) is 0 Å². The molecule has 0 atom stereocenters. The number of benzene rings is 1. The molecule has 1 fully saturated rings. The lowest BCUT2D eigenvalue weighted by Gasteiger charge is -2.39. The summed E-state index contributed by atoms with van der Waals surface area (Å²) in [6.45, 7) is 3.44. The highest BCUT2D eigenvalue weighted by molar-refractivity contribution is 6.14. The van der Waals surface area contributed by atoms with Crippen LogP contribution in [0.15, 0.2) is 66.3 Å². The Morgan fingerprint density at radius 2 is 1.48 bits per heavy atom. The summed E-state index contributed by atoms with van der Waals surface area (Å²) in [5, 5.41) is 0. The van der Waals surface area contributed by atoms with E-state index in [2.05, 4.69) is 0 Å². The number of barbiturate groups is 1. The predicted octanol–water partition coefficient (Wildman–Crippen LogP) is 5.84. The van der Waals surface area contributed by atoms with E-state index in [1.54, 1.807) is 74.6 Å². The van der Waals surface area contributed by atoms with Crippen molar-refractivity contribution in [2.75, 3.05) is 0 Å². The Balaban J connectivity index is 2.22. The molecule has 1 aliphatic heterocycles. The van der Waals surface area contributed by atoms with Gasteiger partial charge in [-0.1, -0.05) is 60.7 Å². The first-order valence-electron chi connectivity index (χ1n) is 10.5. The maximum atomic E-state index is 14.9. The average Bonchev–Trinajstić information content (AvgIpc) is 2.74. The van der Waals surface area contributed by atoms with Gasteiger partial charge in [0.25, 0.3) is 0 Å². The molecule has 0 saturated carbocycles. The average molecular weight is 466 g/mol. The smallest absolute Gasteiger partial charge is 0.274 e. The molecule has 178 valence electrons.